The quantitative estimate of drug-likeness (QED) is 0.434. The summed E-state index contributed by atoms with van der Waals surface area (Å²) >= 11 is 6.30. The van der Waals surface area contributed by atoms with Gasteiger partial charge in [0.2, 0.25) is 0 Å². The average Bonchev–Trinajstić information content (AvgIpc) is 2.79. The first-order valence-electron chi connectivity index (χ1n) is 11.3. The normalized spacial score (nSPS) is 22.2. The number of phenolic OH excluding ortho intramolecular Hbond substituents is 1. The monoisotopic (exact) mass is 491 g/mol. The number of dihydropyridines is 1. The molecule has 0 aromatic heterocycles. The van der Waals surface area contributed by atoms with Crippen LogP contribution in [0.1, 0.15) is 52.0 Å². The molecule has 8 nitrogen and oxygen atoms in total. The number of methoxy groups -OCH3 is 1. The molecule has 1 aliphatic heterocycles. The van der Waals surface area contributed by atoms with Crippen LogP contribution >= 0.6 is 11.6 Å². The highest BCUT2D eigenvalue weighted by Gasteiger charge is 2.47. The van der Waals surface area contributed by atoms with Crippen LogP contribution in [-0.4, -0.2) is 43.2 Å². The molecule has 34 heavy (non-hydrogen) atoms. The van der Waals surface area contributed by atoms with E-state index in [9.17, 15) is 19.5 Å². The maximum atomic E-state index is 13.7. The van der Waals surface area contributed by atoms with Gasteiger partial charge in [-0.15, -0.1) is 0 Å². The SMILES string of the molecule is CCCOC(=O)C1=C(C)NC2=C(C(=O)[C@H](C(=O)OC)[C@H](C)C2)[C@H]1c1cc(Cl)c(O)c(OCC)c1. The van der Waals surface area contributed by atoms with Gasteiger partial charge in [0.15, 0.2) is 17.3 Å². The number of rotatable bonds is 7. The molecule has 1 heterocycles. The molecule has 2 aliphatic rings. The summed E-state index contributed by atoms with van der Waals surface area (Å²) in [5, 5.41) is 13.6. The van der Waals surface area contributed by atoms with Crippen molar-refractivity contribution in [3.05, 3.63) is 45.3 Å². The summed E-state index contributed by atoms with van der Waals surface area (Å²) in [6.07, 6.45) is 1.04. The molecule has 1 aliphatic carbocycles. The molecule has 0 saturated carbocycles. The van der Waals surface area contributed by atoms with Crippen molar-refractivity contribution >= 4 is 29.3 Å². The summed E-state index contributed by atoms with van der Waals surface area (Å²) in [4.78, 5) is 39.4. The van der Waals surface area contributed by atoms with Crippen molar-refractivity contribution in [2.45, 2.75) is 46.5 Å². The van der Waals surface area contributed by atoms with Gasteiger partial charge in [0.1, 0.15) is 5.92 Å². The van der Waals surface area contributed by atoms with Crippen LogP contribution in [0.4, 0.5) is 0 Å². The van der Waals surface area contributed by atoms with Crippen LogP contribution in [-0.2, 0) is 23.9 Å². The van der Waals surface area contributed by atoms with Crippen LogP contribution < -0.4 is 10.1 Å². The number of carbonyl (C=O) groups excluding carboxylic acids is 3. The summed E-state index contributed by atoms with van der Waals surface area (Å²) in [6, 6.07) is 3.06. The Kier molecular flexibility index (Phi) is 7.92. The number of ketones is 1. The maximum Gasteiger partial charge on any atom is 0.336 e. The summed E-state index contributed by atoms with van der Waals surface area (Å²) in [6.45, 7) is 7.68. The van der Waals surface area contributed by atoms with Gasteiger partial charge in [0.05, 0.1) is 30.9 Å². The fourth-order valence-electron chi connectivity index (χ4n) is 4.58. The van der Waals surface area contributed by atoms with Gasteiger partial charge >= 0.3 is 11.9 Å². The van der Waals surface area contributed by atoms with Crippen LogP contribution in [0, 0.1) is 11.8 Å². The van der Waals surface area contributed by atoms with E-state index < -0.39 is 29.6 Å². The predicted octanol–water partition coefficient (Wildman–Crippen LogP) is 4.01. The van der Waals surface area contributed by atoms with E-state index in [1.165, 1.54) is 13.2 Å². The topological polar surface area (TPSA) is 111 Å². The zero-order valence-electron chi connectivity index (χ0n) is 20.0. The van der Waals surface area contributed by atoms with E-state index in [1.54, 1.807) is 19.9 Å². The van der Waals surface area contributed by atoms with E-state index in [1.807, 2.05) is 13.8 Å². The molecule has 1 aromatic carbocycles. The van der Waals surface area contributed by atoms with E-state index in [-0.39, 0.29) is 46.8 Å². The van der Waals surface area contributed by atoms with Crippen molar-refractivity contribution in [1.82, 2.24) is 5.32 Å². The lowest BCUT2D eigenvalue weighted by Crippen LogP contribution is -2.43. The number of Topliss-reactive ketones (excluding diaryl/α,β-unsaturated/α-hetero) is 1. The number of halogens is 1. The minimum absolute atomic E-state index is 0.0155. The zero-order valence-corrected chi connectivity index (χ0v) is 20.7. The number of hydrogen-bond donors (Lipinski definition) is 2. The smallest absolute Gasteiger partial charge is 0.336 e. The van der Waals surface area contributed by atoms with Crippen molar-refractivity contribution < 1.29 is 33.7 Å². The van der Waals surface area contributed by atoms with Crippen LogP contribution in [0.3, 0.4) is 0 Å². The Morgan fingerprint density at radius 2 is 1.97 bits per heavy atom. The molecular formula is C25H30ClNO7. The van der Waals surface area contributed by atoms with Gasteiger partial charge in [-0.05, 0) is 50.3 Å². The second-order valence-electron chi connectivity index (χ2n) is 8.45. The second-order valence-corrected chi connectivity index (χ2v) is 8.86. The fourth-order valence-corrected chi connectivity index (χ4v) is 4.80. The Hall–Kier alpha value is -3.00. The van der Waals surface area contributed by atoms with Crippen molar-refractivity contribution in [3.63, 3.8) is 0 Å². The van der Waals surface area contributed by atoms with E-state index in [2.05, 4.69) is 5.32 Å². The second kappa shape index (κ2) is 10.5. The minimum atomic E-state index is -1.00. The number of ether oxygens (including phenoxy) is 3. The highest BCUT2D eigenvalue weighted by molar-refractivity contribution is 6.32. The lowest BCUT2D eigenvalue weighted by molar-refractivity contribution is -0.151. The van der Waals surface area contributed by atoms with Gasteiger partial charge in [-0.2, -0.15) is 0 Å². The molecule has 0 unspecified atom stereocenters. The van der Waals surface area contributed by atoms with Gasteiger partial charge in [0.25, 0.3) is 0 Å². The highest BCUT2D eigenvalue weighted by Crippen LogP contribution is 2.48. The first-order valence-corrected chi connectivity index (χ1v) is 11.7. The molecular weight excluding hydrogens is 462 g/mol. The van der Waals surface area contributed by atoms with Crippen molar-refractivity contribution in [2.75, 3.05) is 20.3 Å². The van der Waals surface area contributed by atoms with Gasteiger partial charge < -0.3 is 24.6 Å². The Labute approximate surface area is 203 Å². The number of benzene rings is 1. The molecule has 9 heteroatoms. The van der Waals surface area contributed by atoms with Crippen molar-refractivity contribution in [1.29, 1.82) is 0 Å². The Bertz CT molecular complexity index is 1080. The minimum Gasteiger partial charge on any atom is -0.503 e. The Balaban J connectivity index is 2.24. The number of allylic oxidation sites excluding steroid dienone is 3. The fraction of sp³-hybridized carbons (Fsp3) is 0.480. The van der Waals surface area contributed by atoms with E-state index in [0.29, 0.717) is 29.8 Å². The summed E-state index contributed by atoms with van der Waals surface area (Å²) in [7, 11) is 1.24. The average molecular weight is 492 g/mol. The van der Waals surface area contributed by atoms with Crippen LogP contribution in [0.2, 0.25) is 5.02 Å². The molecule has 184 valence electrons. The van der Waals surface area contributed by atoms with Gasteiger partial charge in [0, 0.05) is 22.9 Å². The number of phenols is 1. The standard InChI is InChI=1S/C25H30ClNO7/c1-6-8-34-25(31)19-13(4)27-16-9-12(3)18(24(30)32-5)23(29)21(16)20(19)14-10-15(26)22(28)17(11-14)33-7-2/h10-12,18,20,27-28H,6-9H2,1-5H3/t12-,18-,20+/m1/s1. The van der Waals surface area contributed by atoms with E-state index in [0.717, 1.165) is 0 Å². The summed E-state index contributed by atoms with van der Waals surface area (Å²) in [5.41, 5.74) is 2.17. The van der Waals surface area contributed by atoms with Gasteiger partial charge in [-0.1, -0.05) is 25.4 Å². The molecule has 0 spiro atoms. The molecule has 1 aromatic rings. The predicted molar refractivity (Wildman–Crippen MR) is 125 cm³/mol. The highest BCUT2D eigenvalue weighted by atomic mass is 35.5. The molecule has 0 bridgehead atoms. The Morgan fingerprint density at radius 1 is 1.26 bits per heavy atom. The van der Waals surface area contributed by atoms with E-state index in [4.69, 9.17) is 25.8 Å². The van der Waals surface area contributed by atoms with Crippen LogP contribution in [0.15, 0.2) is 34.7 Å². The molecule has 0 radical (unpaired) electrons. The third-order valence-electron chi connectivity index (χ3n) is 6.08. The molecule has 0 amide bonds. The van der Waals surface area contributed by atoms with Crippen LogP contribution in [0.5, 0.6) is 11.5 Å². The number of hydrogen-bond acceptors (Lipinski definition) is 8. The third kappa shape index (κ3) is 4.64. The van der Waals surface area contributed by atoms with Gasteiger partial charge in [-0.3, -0.25) is 9.59 Å². The lowest BCUT2D eigenvalue weighted by Gasteiger charge is -2.38. The van der Waals surface area contributed by atoms with Crippen LogP contribution in [0.25, 0.3) is 0 Å². The summed E-state index contributed by atoms with van der Waals surface area (Å²) in [5.74, 6) is -3.89. The lowest BCUT2D eigenvalue weighted by atomic mass is 9.69. The molecule has 3 rings (SSSR count). The molecule has 0 saturated heterocycles. The molecule has 2 N–H and O–H groups in total. The number of carbonyl (C=O) groups is 3. The third-order valence-corrected chi connectivity index (χ3v) is 6.37. The first-order chi connectivity index (χ1) is 16.2. The van der Waals surface area contributed by atoms with Crippen molar-refractivity contribution in [3.8, 4) is 11.5 Å². The molecule has 3 atom stereocenters. The number of esters is 2. The largest absolute Gasteiger partial charge is 0.503 e. The number of aromatic hydroxyl groups is 1. The number of nitrogens with one attached hydrogen (secondary N) is 1. The Morgan fingerprint density at radius 3 is 2.59 bits per heavy atom. The van der Waals surface area contributed by atoms with Gasteiger partial charge in [-0.25, -0.2) is 4.79 Å². The zero-order chi connectivity index (χ0) is 25.2. The van der Waals surface area contributed by atoms with Crippen molar-refractivity contribution in [2.24, 2.45) is 11.8 Å². The first kappa shape index (κ1) is 25.6. The van der Waals surface area contributed by atoms with E-state index >= 15 is 0 Å². The maximum absolute atomic E-state index is 13.7. The summed E-state index contributed by atoms with van der Waals surface area (Å²) < 4.78 is 15.9. The molecule has 0 fully saturated rings.